The van der Waals surface area contributed by atoms with Crippen molar-refractivity contribution in [3.8, 4) is 0 Å². The highest BCUT2D eigenvalue weighted by molar-refractivity contribution is 5.74. The lowest BCUT2D eigenvalue weighted by Gasteiger charge is -2.51. The SMILES string of the molecule is CC(=O)N[C@@H]1[C@@H](O[C@@H]2O[C@H](CO)[C@H](O)[C@H](O[C@@H]3O[C@H](CO)[C@H](O)[C@H](O)[C@H]3O[C@@H]3O[C@@H](C)[C@@H](O)[C@@H](O)[C@@H]3O)[C@H]2O[C@@H]2O[C@@H](C)[C@@H](O)[C@@H](O)[C@H]2O)[C@@H](O)[C@@H](CO[C@@H]2O[C@H](CO)[C@@H](O[C@@H]3O[C@@H](C)[C@@H](O)[C@@H](O)[C@@H]3O)[C@H](O[C@@H]3O[C@H](CO)[C@@H](O)[C@H](O)[C@H]3NC(C)=O)[C@H]2NC(C)=O)O[C@@H]1O. The molecule has 95 heavy (non-hydrogen) atoms. The maximum Gasteiger partial charge on any atom is 0.217 e. The fourth-order valence-electron chi connectivity index (χ4n) is 12.4. The highest BCUT2D eigenvalue weighted by Gasteiger charge is 2.60. The Morgan fingerprint density at radius 2 is 0.653 bits per heavy atom. The average molecular weight is 1390 g/mol. The third kappa shape index (κ3) is 17.0. The minimum absolute atomic E-state index is 0.810. The molecule has 0 spiro atoms. The summed E-state index contributed by atoms with van der Waals surface area (Å²) in [5.74, 6) is -2.61. The Kier molecular flexibility index (Phi) is 27.2. The molecule has 0 aliphatic carbocycles. The van der Waals surface area contributed by atoms with Crippen molar-refractivity contribution in [2.45, 2.75) is 287 Å². The van der Waals surface area contributed by atoms with E-state index in [2.05, 4.69) is 16.0 Å². The second-order valence-electron chi connectivity index (χ2n) is 24.6. The molecular formula is C54H91N3O38. The molecule has 0 radical (unpaired) electrons. The Morgan fingerprint density at radius 1 is 0.295 bits per heavy atom. The van der Waals surface area contributed by atoms with Gasteiger partial charge >= 0.3 is 0 Å². The van der Waals surface area contributed by atoms with Crippen LogP contribution in [-0.4, -0.2) is 398 Å². The fraction of sp³-hybridized carbons (Fsp3) is 0.944. The maximum absolute atomic E-state index is 13.3. The quantitative estimate of drug-likeness (QED) is 0.0479. The van der Waals surface area contributed by atoms with Gasteiger partial charge in [0.1, 0.15) is 177 Å². The van der Waals surface area contributed by atoms with Crippen molar-refractivity contribution < 1.29 is 188 Å². The Balaban J connectivity index is 1.14. The third-order valence-electron chi connectivity index (χ3n) is 17.7. The summed E-state index contributed by atoms with van der Waals surface area (Å²) in [7, 11) is 0. The molecule has 0 aromatic rings. The van der Waals surface area contributed by atoms with Crippen LogP contribution in [0.1, 0.15) is 41.5 Å². The Hall–Kier alpha value is -2.99. The van der Waals surface area contributed by atoms with E-state index in [1.54, 1.807) is 0 Å². The Morgan fingerprint density at radius 3 is 1.13 bits per heavy atom. The summed E-state index contributed by atoms with van der Waals surface area (Å²) in [6, 6.07) is -5.40. The van der Waals surface area contributed by atoms with Crippen LogP contribution in [0, 0.1) is 0 Å². The summed E-state index contributed by atoms with van der Waals surface area (Å²) >= 11 is 0. The van der Waals surface area contributed by atoms with Gasteiger partial charge in [0, 0.05) is 20.8 Å². The minimum atomic E-state index is -2.29. The van der Waals surface area contributed by atoms with Gasteiger partial charge in [-0.25, -0.2) is 0 Å². The smallest absolute Gasteiger partial charge is 0.217 e. The van der Waals surface area contributed by atoms with E-state index in [0.29, 0.717) is 0 Å². The zero-order valence-corrected chi connectivity index (χ0v) is 51.9. The summed E-state index contributed by atoms with van der Waals surface area (Å²) in [4.78, 5) is 38.8. The van der Waals surface area contributed by atoms with Gasteiger partial charge in [-0.3, -0.25) is 14.4 Å². The van der Waals surface area contributed by atoms with Gasteiger partial charge in [0.25, 0.3) is 0 Å². The monoisotopic (exact) mass is 1390 g/mol. The first kappa shape index (κ1) is 77.7. The van der Waals surface area contributed by atoms with Gasteiger partial charge in [0.05, 0.1) is 51.3 Å². The number of aliphatic hydroxyl groups excluding tert-OH is 20. The highest BCUT2D eigenvalue weighted by atomic mass is 16.8. The number of amides is 3. The third-order valence-corrected chi connectivity index (χ3v) is 17.7. The van der Waals surface area contributed by atoms with Crippen molar-refractivity contribution >= 4 is 17.7 Å². The normalized spacial score (nSPS) is 50.7. The number of carbonyl (C=O) groups is 3. The number of ether oxygens (including phenoxy) is 15. The van der Waals surface area contributed by atoms with Crippen LogP contribution in [0.25, 0.3) is 0 Å². The molecule has 0 unspecified atom stereocenters. The van der Waals surface area contributed by atoms with Crippen LogP contribution in [-0.2, 0) is 85.4 Å². The lowest BCUT2D eigenvalue weighted by atomic mass is 9.93. The zero-order valence-electron chi connectivity index (χ0n) is 51.9. The van der Waals surface area contributed by atoms with Crippen LogP contribution in [0.15, 0.2) is 0 Å². The van der Waals surface area contributed by atoms with Crippen LogP contribution in [0.3, 0.4) is 0 Å². The van der Waals surface area contributed by atoms with Crippen LogP contribution < -0.4 is 16.0 Å². The average Bonchev–Trinajstić information content (AvgIpc) is 0.770. The zero-order chi connectivity index (χ0) is 70.1. The lowest BCUT2D eigenvalue weighted by Crippen LogP contribution is -2.71. The number of aliphatic hydroxyl groups is 20. The van der Waals surface area contributed by atoms with E-state index in [4.69, 9.17) is 71.1 Å². The second-order valence-corrected chi connectivity index (χ2v) is 24.6. The fourth-order valence-corrected chi connectivity index (χ4v) is 12.4. The first-order chi connectivity index (χ1) is 44.8. The van der Waals surface area contributed by atoms with Crippen molar-refractivity contribution in [3.63, 3.8) is 0 Å². The number of rotatable bonds is 22. The van der Waals surface area contributed by atoms with Gasteiger partial charge < -0.3 is 189 Å². The molecule has 8 fully saturated rings. The molecule has 8 heterocycles. The molecule has 23 N–H and O–H groups in total. The van der Waals surface area contributed by atoms with E-state index in [1.165, 1.54) is 20.8 Å². The Bertz CT molecular complexity index is 2460. The van der Waals surface area contributed by atoms with E-state index in [-0.39, 0.29) is 0 Å². The molecule has 0 bridgehead atoms. The van der Waals surface area contributed by atoms with Crippen molar-refractivity contribution in [1.29, 1.82) is 0 Å². The van der Waals surface area contributed by atoms with E-state index < -0.39 is 296 Å². The number of nitrogens with one attached hydrogen (secondary N) is 3. The van der Waals surface area contributed by atoms with Gasteiger partial charge in [-0.2, -0.15) is 0 Å². The standard InChI is InChI=1S/C54H91N3O38/c1-12-26(65)34(73)38(77)50(82-12)90-41-21(10-61)89-48(25(57-17(6)64)43(41)92-49-23(55-15(4)62)33(72)29(68)18(7-58)86-49)81-11-22-32(71)42(24(47(80)85-22)56-16(5)63)91-54-46(95-52-40(79)36(75)28(67)14(3)84-52)44(31(70)20(9-60)88-54)93-53-45(37(76)30(69)19(8-59)87-53)94-51-39(78)35(74)27(66)13(2)83-51/h12-14,18-54,58-61,65-80H,7-11H2,1-6H3,(H,55,62)(H,56,63)(H,57,64)/t12-,13-,14-,18+,19+,20+,21+,22+,23+,24+,25+,26+,27+,28+,29+,30-,31-,32-,33+,34+,35+,36+,37-,38-,39-,40+,41+,42+,43+,44-,45+,46+,47-,48+,49-,50-,51-,52-,53-,54-/m0/s1. The predicted molar refractivity (Wildman–Crippen MR) is 295 cm³/mol. The highest BCUT2D eigenvalue weighted by Crippen LogP contribution is 2.40. The van der Waals surface area contributed by atoms with E-state index in [0.717, 1.165) is 20.8 Å². The van der Waals surface area contributed by atoms with Gasteiger partial charge in [-0.15, -0.1) is 0 Å². The largest absolute Gasteiger partial charge is 0.394 e. The molecule has 550 valence electrons. The first-order valence-electron chi connectivity index (χ1n) is 30.7. The molecule has 0 aromatic heterocycles. The topological polar surface area (TPSA) is 630 Å². The van der Waals surface area contributed by atoms with Gasteiger partial charge in [0.2, 0.25) is 17.7 Å². The summed E-state index contributed by atoms with van der Waals surface area (Å²) in [5, 5.41) is 228. The summed E-state index contributed by atoms with van der Waals surface area (Å²) < 4.78 is 90.1. The van der Waals surface area contributed by atoms with Crippen molar-refractivity contribution in [3.05, 3.63) is 0 Å². The summed E-state index contributed by atoms with van der Waals surface area (Å²) in [5.41, 5.74) is 0. The van der Waals surface area contributed by atoms with E-state index >= 15 is 0 Å². The summed E-state index contributed by atoms with van der Waals surface area (Å²) in [6.45, 7) is 1.61. The van der Waals surface area contributed by atoms with Crippen LogP contribution >= 0.6 is 0 Å². The van der Waals surface area contributed by atoms with Crippen LogP contribution in [0.4, 0.5) is 0 Å². The molecule has 8 saturated heterocycles. The van der Waals surface area contributed by atoms with Crippen molar-refractivity contribution in [2.75, 3.05) is 33.0 Å². The molecule has 41 nitrogen and oxygen atoms in total. The van der Waals surface area contributed by atoms with Gasteiger partial charge in [0.15, 0.2) is 50.3 Å². The summed E-state index contributed by atoms with van der Waals surface area (Å²) in [6.07, 6.45) is -71.4. The Labute approximate surface area is 540 Å². The molecule has 8 aliphatic rings. The van der Waals surface area contributed by atoms with Crippen LogP contribution in [0.5, 0.6) is 0 Å². The van der Waals surface area contributed by atoms with Gasteiger partial charge in [-0.05, 0) is 20.8 Å². The lowest BCUT2D eigenvalue weighted by molar-refractivity contribution is -0.410. The van der Waals surface area contributed by atoms with E-state index in [9.17, 15) is 117 Å². The first-order valence-corrected chi connectivity index (χ1v) is 30.7. The van der Waals surface area contributed by atoms with Crippen LogP contribution in [0.2, 0.25) is 0 Å². The molecule has 0 aromatic carbocycles. The van der Waals surface area contributed by atoms with Gasteiger partial charge in [-0.1, -0.05) is 0 Å². The van der Waals surface area contributed by atoms with Crippen molar-refractivity contribution in [2.24, 2.45) is 0 Å². The second kappa shape index (κ2) is 33.2. The molecule has 8 aliphatic heterocycles. The molecular weight excluding hydrogens is 1300 g/mol. The van der Waals surface area contributed by atoms with Crippen molar-refractivity contribution in [1.82, 2.24) is 16.0 Å². The molecule has 3 amide bonds. The number of carbonyl (C=O) groups excluding carboxylic acids is 3. The predicted octanol–water partition coefficient (Wildman–Crippen LogP) is -14.9. The molecule has 8 rings (SSSR count). The molecule has 41 heteroatoms. The maximum atomic E-state index is 13.3. The molecule has 0 saturated carbocycles. The number of hydrogen-bond donors (Lipinski definition) is 23. The number of hydrogen-bond acceptors (Lipinski definition) is 38. The molecule has 40 atom stereocenters. The van der Waals surface area contributed by atoms with E-state index in [1.807, 2.05) is 0 Å². The minimum Gasteiger partial charge on any atom is -0.394 e.